The van der Waals surface area contributed by atoms with Crippen LogP contribution in [0.15, 0.2) is 36.4 Å². The Morgan fingerprint density at radius 3 is 1.64 bits per heavy atom. The van der Waals surface area contributed by atoms with Crippen LogP contribution in [-0.4, -0.2) is 21.4 Å². The predicted molar refractivity (Wildman–Crippen MR) is 91.5 cm³/mol. The molecule has 0 aromatic carbocycles. The highest BCUT2D eigenvalue weighted by atomic mass is 15.1. The topological polar surface area (TPSA) is 29.0 Å². The van der Waals surface area contributed by atoms with Gasteiger partial charge in [-0.15, -0.1) is 0 Å². The second-order valence-electron chi connectivity index (χ2n) is 7.25. The Hall–Kier alpha value is -1.74. The van der Waals surface area contributed by atoms with Crippen molar-refractivity contribution in [3.63, 3.8) is 0 Å². The van der Waals surface area contributed by atoms with E-state index in [2.05, 4.69) is 59.9 Å². The summed E-state index contributed by atoms with van der Waals surface area (Å²) in [4.78, 5) is 11.7. The molecule has 3 heteroatoms. The zero-order valence-corrected chi connectivity index (χ0v) is 14.4. The normalized spacial score (nSPS) is 11.9. The third-order valence-electron chi connectivity index (χ3n) is 3.36. The molecule has 0 spiro atoms. The van der Waals surface area contributed by atoms with Gasteiger partial charge in [0.05, 0.1) is 11.4 Å². The standard InChI is InChI=1S/C19H27N3/c1-15-8-6-10-17(20-15)12-22(14-19(3,4)5)13-18-11-7-9-16(2)21-18/h6-11H,12-14H2,1-5H3. The number of rotatable bonds is 5. The lowest BCUT2D eigenvalue weighted by molar-refractivity contribution is 0.173. The molecule has 0 radical (unpaired) electrons. The van der Waals surface area contributed by atoms with E-state index in [0.29, 0.717) is 0 Å². The zero-order valence-electron chi connectivity index (χ0n) is 14.4. The van der Waals surface area contributed by atoms with E-state index in [-0.39, 0.29) is 5.41 Å². The van der Waals surface area contributed by atoms with E-state index in [0.717, 1.165) is 42.4 Å². The third kappa shape index (κ3) is 5.57. The van der Waals surface area contributed by atoms with Gasteiger partial charge in [0.1, 0.15) is 0 Å². The van der Waals surface area contributed by atoms with Gasteiger partial charge in [0, 0.05) is 31.0 Å². The van der Waals surface area contributed by atoms with E-state index < -0.39 is 0 Å². The molecule has 0 unspecified atom stereocenters. The minimum Gasteiger partial charge on any atom is -0.291 e. The van der Waals surface area contributed by atoms with Gasteiger partial charge in [-0.3, -0.25) is 14.9 Å². The summed E-state index contributed by atoms with van der Waals surface area (Å²) in [7, 11) is 0. The molecular formula is C19H27N3. The quantitative estimate of drug-likeness (QED) is 0.830. The summed E-state index contributed by atoms with van der Waals surface area (Å²) in [6.45, 7) is 13.6. The van der Waals surface area contributed by atoms with E-state index in [4.69, 9.17) is 0 Å². The van der Waals surface area contributed by atoms with Crippen LogP contribution in [0, 0.1) is 19.3 Å². The summed E-state index contributed by atoms with van der Waals surface area (Å²) >= 11 is 0. The van der Waals surface area contributed by atoms with Gasteiger partial charge in [0.25, 0.3) is 0 Å². The molecule has 118 valence electrons. The van der Waals surface area contributed by atoms with Gasteiger partial charge < -0.3 is 0 Å². The molecule has 0 aliphatic rings. The van der Waals surface area contributed by atoms with E-state index in [1.54, 1.807) is 0 Å². The molecular weight excluding hydrogens is 270 g/mol. The van der Waals surface area contributed by atoms with Gasteiger partial charge in [-0.05, 0) is 43.5 Å². The maximum absolute atomic E-state index is 4.64. The van der Waals surface area contributed by atoms with Gasteiger partial charge in [-0.2, -0.15) is 0 Å². The van der Waals surface area contributed by atoms with Crippen LogP contribution < -0.4 is 0 Å². The summed E-state index contributed by atoms with van der Waals surface area (Å²) in [6.07, 6.45) is 0. The summed E-state index contributed by atoms with van der Waals surface area (Å²) in [5.41, 5.74) is 4.63. The first-order valence-electron chi connectivity index (χ1n) is 7.89. The van der Waals surface area contributed by atoms with Crippen molar-refractivity contribution in [3.05, 3.63) is 59.2 Å². The fourth-order valence-corrected chi connectivity index (χ4v) is 2.67. The van der Waals surface area contributed by atoms with E-state index in [1.807, 2.05) is 26.0 Å². The van der Waals surface area contributed by atoms with Crippen LogP contribution in [0.2, 0.25) is 0 Å². The first-order chi connectivity index (χ1) is 10.3. The van der Waals surface area contributed by atoms with Gasteiger partial charge in [0.2, 0.25) is 0 Å². The van der Waals surface area contributed by atoms with Crippen molar-refractivity contribution in [2.45, 2.75) is 47.7 Å². The number of pyridine rings is 2. The van der Waals surface area contributed by atoms with E-state index in [1.165, 1.54) is 0 Å². The first kappa shape index (κ1) is 16.6. The first-order valence-corrected chi connectivity index (χ1v) is 7.89. The fourth-order valence-electron chi connectivity index (χ4n) is 2.67. The summed E-state index contributed by atoms with van der Waals surface area (Å²) in [5, 5.41) is 0. The Labute approximate surface area is 134 Å². The van der Waals surface area contributed by atoms with Crippen LogP contribution in [0.4, 0.5) is 0 Å². The van der Waals surface area contributed by atoms with Gasteiger partial charge >= 0.3 is 0 Å². The maximum atomic E-state index is 4.64. The summed E-state index contributed by atoms with van der Waals surface area (Å²) in [6, 6.07) is 12.5. The van der Waals surface area contributed by atoms with Crippen molar-refractivity contribution in [1.82, 2.24) is 14.9 Å². The fraction of sp³-hybridized carbons (Fsp3) is 0.474. The van der Waals surface area contributed by atoms with Crippen molar-refractivity contribution in [1.29, 1.82) is 0 Å². The van der Waals surface area contributed by atoms with E-state index >= 15 is 0 Å². The molecule has 2 rings (SSSR count). The molecule has 0 amide bonds. The molecule has 2 aromatic heterocycles. The molecule has 0 saturated heterocycles. The Morgan fingerprint density at radius 2 is 1.27 bits per heavy atom. The lowest BCUT2D eigenvalue weighted by atomic mass is 9.96. The number of aryl methyl sites for hydroxylation is 2. The second-order valence-corrected chi connectivity index (χ2v) is 7.25. The average molecular weight is 297 g/mol. The maximum Gasteiger partial charge on any atom is 0.0547 e. The molecule has 0 aliphatic heterocycles. The van der Waals surface area contributed by atoms with Gasteiger partial charge in [-0.1, -0.05) is 32.9 Å². The highest BCUT2D eigenvalue weighted by Crippen LogP contribution is 2.18. The SMILES string of the molecule is Cc1cccc(CN(Cc2cccc(C)n2)CC(C)(C)C)n1. The predicted octanol–water partition coefficient (Wildman–Crippen LogP) is 4.14. The summed E-state index contributed by atoms with van der Waals surface area (Å²) in [5.74, 6) is 0. The smallest absolute Gasteiger partial charge is 0.0547 e. The van der Waals surface area contributed by atoms with Gasteiger partial charge in [0.15, 0.2) is 0 Å². The number of nitrogens with zero attached hydrogens (tertiary/aromatic N) is 3. The zero-order chi connectivity index (χ0) is 16.2. The second kappa shape index (κ2) is 7.01. The molecule has 0 aliphatic carbocycles. The Kier molecular flexibility index (Phi) is 5.30. The van der Waals surface area contributed by atoms with Crippen molar-refractivity contribution < 1.29 is 0 Å². The Balaban J connectivity index is 2.15. The molecule has 0 fully saturated rings. The molecule has 0 bridgehead atoms. The van der Waals surface area contributed by atoms with Crippen LogP contribution in [-0.2, 0) is 13.1 Å². The Bertz CT molecular complexity index is 567. The molecule has 0 N–H and O–H groups in total. The van der Waals surface area contributed by atoms with Crippen LogP contribution in [0.5, 0.6) is 0 Å². The molecule has 3 nitrogen and oxygen atoms in total. The number of hydrogen-bond acceptors (Lipinski definition) is 3. The monoisotopic (exact) mass is 297 g/mol. The van der Waals surface area contributed by atoms with E-state index in [9.17, 15) is 0 Å². The average Bonchev–Trinajstić information content (AvgIpc) is 2.36. The van der Waals surface area contributed by atoms with Crippen molar-refractivity contribution in [3.8, 4) is 0 Å². The third-order valence-corrected chi connectivity index (χ3v) is 3.36. The van der Waals surface area contributed by atoms with Gasteiger partial charge in [-0.25, -0.2) is 0 Å². The van der Waals surface area contributed by atoms with Crippen LogP contribution in [0.3, 0.4) is 0 Å². The van der Waals surface area contributed by atoms with Crippen LogP contribution >= 0.6 is 0 Å². The van der Waals surface area contributed by atoms with Crippen LogP contribution in [0.1, 0.15) is 43.5 Å². The largest absolute Gasteiger partial charge is 0.291 e. The molecule has 2 heterocycles. The highest BCUT2D eigenvalue weighted by Gasteiger charge is 2.18. The molecule has 22 heavy (non-hydrogen) atoms. The van der Waals surface area contributed by atoms with Crippen LogP contribution in [0.25, 0.3) is 0 Å². The summed E-state index contributed by atoms with van der Waals surface area (Å²) < 4.78 is 0. The lowest BCUT2D eigenvalue weighted by Crippen LogP contribution is -2.32. The molecule has 2 aromatic rings. The Morgan fingerprint density at radius 1 is 0.818 bits per heavy atom. The molecule has 0 atom stereocenters. The lowest BCUT2D eigenvalue weighted by Gasteiger charge is -2.29. The number of hydrogen-bond donors (Lipinski definition) is 0. The van der Waals surface area contributed by atoms with Crippen molar-refractivity contribution in [2.75, 3.05) is 6.54 Å². The minimum absolute atomic E-state index is 0.244. The number of aromatic nitrogens is 2. The van der Waals surface area contributed by atoms with Crippen molar-refractivity contribution in [2.24, 2.45) is 5.41 Å². The highest BCUT2D eigenvalue weighted by molar-refractivity contribution is 5.12. The molecule has 0 saturated carbocycles. The minimum atomic E-state index is 0.244. The van der Waals surface area contributed by atoms with Crippen molar-refractivity contribution >= 4 is 0 Å².